The Morgan fingerprint density at radius 1 is 0.897 bits per heavy atom. The smallest absolute Gasteiger partial charge is 0.152 e. The lowest BCUT2D eigenvalue weighted by molar-refractivity contribution is 0.0781. The maximum atomic E-state index is 12.8. The maximum absolute atomic E-state index is 12.8. The summed E-state index contributed by atoms with van der Waals surface area (Å²) in [4.78, 5) is 0. The average molecular weight is 570 g/mol. The number of aliphatic hydroxyl groups is 1. The van der Waals surface area contributed by atoms with E-state index in [-0.39, 0.29) is 29.7 Å². The van der Waals surface area contributed by atoms with E-state index in [1.807, 2.05) is 12.1 Å². The number of phenols is 1. The lowest BCUT2D eigenvalue weighted by atomic mass is 9.90. The standard InChI is InChI=1S/C32H39NO4S.ClH/c1-2-5-22-6-3-7-23(14-22)15-28-16-24(10-13-31(28)34)17-29-20-38(36,37)21-30(32(29)35)33-19-25-8-4-9-27(18-25)26-11-12-26;/h3-4,6-10,13-14,16,18,26,29-30,32-35H,2,5,11-12,15,17,19-21H2,1H3;1H/t29-,30+,32+;/m1./s1. The van der Waals surface area contributed by atoms with E-state index in [9.17, 15) is 18.6 Å². The first-order chi connectivity index (χ1) is 18.3. The summed E-state index contributed by atoms with van der Waals surface area (Å²) in [5.41, 5.74) is 6.63. The fourth-order valence-corrected chi connectivity index (χ4v) is 7.75. The molecule has 0 spiro atoms. The molecular formula is C32H40ClNO4S. The van der Waals surface area contributed by atoms with Crippen molar-refractivity contribution in [2.45, 2.75) is 70.1 Å². The van der Waals surface area contributed by atoms with Crippen molar-refractivity contribution in [3.05, 3.63) is 100 Å². The Kier molecular flexibility index (Phi) is 9.76. The molecule has 0 radical (unpaired) electrons. The van der Waals surface area contributed by atoms with E-state index in [0.29, 0.717) is 25.3 Å². The number of hydrogen-bond donors (Lipinski definition) is 3. The summed E-state index contributed by atoms with van der Waals surface area (Å²) in [5.74, 6) is 0.407. The van der Waals surface area contributed by atoms with E-state index in [0.717, 1.165) is 35.1 Å². The Balaban J connectivity index is 0.00000353. The van der Waals surface area contributed by atoms with Gasteiger partial charge in [-0.25, -0.2) is 8.42 Å². The molecule has 1 saturated carbocycles. The van der Waals surface area contributed by atoms with Crippen LogP contribution < -0.4 is 5.32 Å². The molecular weight excluding hydrogens is 530 g/mol. The molecule has 3 atom stereocenters. The van der Waals surface area contributed by atoms with Crippen LogP contribution in [0, 0.1) is 5.92 Å². The minimum atomic E-state index is -3.30. The maximum Gasteiger partial charge on any atom is 0.152 e. The SMILES string of the molecule is CCCc1cccc(Cc2cc(C[C@@H]3CS(=O)(=O)C[C@H](NCc4cccc(C5CC5)c4)[C@H]3O)ccc2O)c1.Cl. The lowest BCUT2D eigenvalue weighted by Gasteiger charge is -2.35. The van der Waals surface area contributed by atoms with Crippen LogP contribution >= 0.6 is 12.4 Å². The summed E-state index contributed by atoms with van der Waals surface area (Å²) in [6, 6.07) is 21.9. The molecule has 0 aromatic heterocycles. The fourth-order valence-electron chi connectivity index (χ4n) is 5.79. The van der Waals surface area contributed by atoms with Gasteiger partial charge in [0.05, 0.1) is 17.6 Å². The normalized spacial score (nSPS) is 22.3. The highest BCUT2D eigenvalue weighted by Gasteiger charge is 2.39. The van der Waals surface area contributed by atoms with Crippen molar-refractivity contribution in [3.63, 3.8) is 0 Å². The van der Waals surface area contributed by atoms with Gasteiger partial charge in [-0.1, -0.05) is 74.0 Å². The molecule has 1 aliphatic heterocycles. The van der Waals surface area contributed by atoms with Crippen LogP contribution in [0.25, 0.3) is 0 Å². The van der Waals surface area contributed by atoms with Crippen LogP contribution in [-0.4, -0.2) is 42.3 Å². The van der Waals surface area contributed by atoms with Gasteiger partial charge in [0.1, 0.15) is 5.75 Å². The molecule has 1 saturated heterocycles. The third-order valence-electron chi connectivity index (χ3n) is 7.93. The number of rotatable bonds is 10. The van der Waals surface area contributed by atoms with Crippen LogP contribution in [0.3, 0.4) is 0 Å². The second kappa shape index (κ2) is 12.9. The van der Waals surface area contributed by atoms with E-state index < -0.39 is 27.9 Å². The summed E-state index contributed by atoms with van der Waals surface area (Å²) in [7, 11) is -3.30. The monoisotopic (exact) mass is 569 g/mol. The van der Waals surface area contributed by atoms with Crippen LogP contribution in [-0.2, 0) is 35.6 Å². The molecule has 39 heavy (non-hydrogen) atoms. The highest BCUT2D eigenvalue weighted by molar-refractivity contribution is 7.91. The summed E-state index contributed by atoms with van der Waals surface area (Å²) < 4.78 is 25.7. The van der Waals surface area contributed by atoms with Gasteiger partial charge in [0, 0.05) is 24.9 Å². The number of halogens is 1. The van der Waals surface area contributed by atoms with Crippen LogP contribution in [0.1, 0.15) is 65.5 Å². The van der Waals surface area contributed by atoms with Gasteiger partial charge in [-0.15, -0.1) is 12.4 Å². The van der Waals surface area contributed by atoms with E-state index in [4.69, 9.17) is 0 Å². The van der Waals surface area contributed by atoms with Crippen molar-refractivity contribution in [3.8, 4) is 5.75 Å². The molecule has 1 heterocycles. The van der Waals surface area contributed by atoms with E-state index in [2.05, 4.69) is 60.8 Å². The summed E-state index contributed by atoms with van der Waals surface area (Å²) in [6.07, 6.45) is 4.86. The zero-order valence-corrected chi connectivity index (χ0v) is 24.2. The molecule has 0 amide bonds. The van der Waals surface area contributed by atoms with Crippen molar-refractivity contribution in [1.82, 2.24) is 5.32 Å². The number of aliphatic hydroxyl groups excluding tert-OH is 1. The predicted molar refractivity (Wildman–Crippen MR) is 159 cm³/mol. The third-order valence-corrected chi connectivity index (χ3v) is 9.73. The Hall–Kier alpha value is -2.38. The van der Waals surface area contributed by atoms with Gasteiger partial charge < -0.3 is 15.5 Å². The van der Waals surface area contributed by atoms with Gasteiger partial charge in [-0.3, -0.25) is 0 Å². The highest BCUT2D eigenvalue weighted by atomic mass is 35.5. The van der Waals surface area contributed by atoms with Crippen molar-refractivity contribution in [2.24, 2.45) is 5.92 Å². The number of sulfone groups is 1. The van der Waals surface area contributed by atoms with Crippen LogP contribution in [0.4, 0.5) is 0 Å². The number of aryl methyl sites for hydroxylation is 1. The second-order valence-corrected chi connectivity index (χ2v) is 13.4. The molecule has 3 N–H and O–H groups in total. The summed E-state index contributed by atoms with van der Waals surface area (Å²) >= 11 is 0. The highest BCUT2D eigenvalue weighted by Crippen LogP contribution is 2.40. The molecule has 2 fully saturated rings. The third kappa shape index (κ3) is 7.85. The van der Waals surface area contributed by atoms with Crippen molar-refractivity contribution in [2.75, 3.05) is 11.5 Å². The molecule has 1 aliphatic carbocycles. The Bertz CT molecular complexity index is 1370. The average Bonchev–Trinajstić information content (AvgIpc) is 3.73. The number of nitrogens with one attached hydrogen (secondary N) is 1. The molecule has 210 valence electrons. The van der Waals surface area contributed by atoms with Crippen molar-refractivity contribution < 1.29 is 18.6 Å². The van der Waals surface area contributed by atoms with Crippen molar-refractivity contribution >= 4 is 22.2 Å². The first-order valence-electron chi connectivity index (χ1n) is 13.9. The van der Waals surface area contributed by atoms with Crippen LogP contribution in [0.5, 0.6) is 5.75 Å². The number of benzene rings is 3. The van der Waals surface area contributed by atoms with Gasteiger partial charge in [0.2, 0.25) is 0 Å². The zero-order chi connectivity index (χ0) is 26.7. The minimum Gasteiger partial charge on any atom is -0.508 e. The van der Waals surface area contributed by atoms with Crippen LogP contribution in [0.2, 0.25) is 0 Å². The lowest BCUT2D eigenvalue weighted by Crippen LogP contribution is -2.54. The van der Waals surface area contributed by atoms with Gasteiger partial charge in [-0.05, 0) is 71.0 Å². The molecule has 3 aromatic carbocycles. The topological polar surface area (TPSA) is 86.6 Å². The molecule has 7 heteroatoms. The molecule has 0 bridgehead atoms. The van der Waals surface area contributed by atoms with Gasteiger partial charge in [0.25, 0.3) is 0 Å². The fraction of sp³-hybridized carbons (Fsp3) is 0.438. The predicted octanol–water partition coefficient (Wildman–Crippen LogP) is 5.34. The van der Waals surface area contributed by atoms with E-state index in [1.165, 1.54) is 24.0 Å². The van der Waals surface area contributed by atoms with E-state index in [1.54, 1.807) is 6.07 Å². The molecule has 0 unspecified atom stereocenters. The summed E-state index contributed by atoms with van der Waals surface area (Å²) in [5, 5.41) is 25.1. The first-order valence-corrected chi connectivity index (χ1v) is 15.7. The molecule has 5 rings (SSSR count). The summed E-state index contributed by atoms with van der Waals surface area (Å²) in [6.45, 7) is 2.69. The zero-order valence-electron chi connectivity index (χ0n) is 22.6. The number of phenolic OH excluding ortho intramolecular Hbond substituents is 1. The van der Waals surface area contributed by atoms with Crippen LogP contribution in [0.15, 0.2) is 66.7 Å². The molecule has 5 nitrogen and oxygen atoms in total. The minimum absolute atomic E-state index is 0. The quantitative estimate of drug-likeness (QED) is 0.307. The van der Waals surface area contributed by atoms with E-state index >= 15 is 0 Å². The number of hydrogen-bond acceptors (Lipinski definition) is 5. The van der Waals surface area contributed by atoms with Gasteiger partial charge >= 0.3 is 0 Å². The van der Waals surface area contributed by atoms with Gasteiger partial charge in [0.15, 0.2) is 9.84 Å². The van der Waals surface area contributed by atoms with Crippen molar-refractivity contribution in [1.29, 1.82) is 0 Å². The Morgan fingerprint density at radius 2 is 1.64 bits per heavy atom. The first kappa shape index (κ1) is 29.6. The van der Waals surface area contributed by atoms with Gasteiger partial charge in [-0.2, -0.15) is 0 Å². The molecule has 2 aliphatic rings. The second-order valence-electron chi connectivity index (χ2n) is 11.2. The Morgan fingerprint density at radius 3 is 2.41 bits per heavy atom. The Labute approximate surface area is 239 Å². The molecule has 3 aromatic rings. The number of aromatic hydroxyl groups is 1. The largest absolute Gasteiger partial charge is 0.508 e.